The van der Waals surface area contributed by atoms with Crippen LogP contribution < -0.4 is 5.73 Å². The van der Waals surface area contributed by atoms with Crippen molar-refractivity contribution in [2.75, 3.05) is 5.73 Å². The van der Waals surface area contributed by atoms with Crippen LogP contribution >= 0.6 is 0 Å². The summed E-state index contributed by atoms with van der Waals surface area (Å²) in [6.45, 7) is 3.99. The summed E-state index contributed by atoms with van der Waals surface area (Å²) in [5.41, 5.74) is 7.01. The van der Waals surface area contributed by atoms with Crippen molar-refractivity contribution in [2.45, 2.75) is 26.2 Å². The third-order valence-electron chi connectivity index (χ3n) is 2.69. The van der Waals surface area contributed by atoms with Crippen molar-refractivity contribution < 1.29 is 8.78 Å². The number of halogens is 2. The number of nitrogens with zero attached hydrogens (tertiary/aromatic N) is 2. The zero-order valence-electron chi connectivity index (χ0n) is 10.8. The second-order valence-electron chi connectivity index (χ2n) is 4.74. The lowest BCUT2D eigenvalue weighted by molar-refractivity contribution is 0.580. The van der Waals surface area contributed by atoms with Crippen molar-refractivity contribution >= 4 is 5.82 Å². The van der Waals surface area contributed by atoms with Crippen LogP contribution in [-0.4, -0.2) is 9.97 Å². The van der Waals surface area contributed by atoms with Gasteiger partial charge in [-0.05, 0) is 23.6 Å². The Kier molecular flexibility index (Phi) is 3.74. The van der Waals surface area contributed by atoms with Crippen LogP contribution in [0.3, 0.4) is 0 Å². The Balaban J connectivity index is 2.32. The molecule has 3 nitrogen and oxygen atoms in total. The second kappa shape index (κ2) is 5.30. The van der Waals surface area contributed by atoms with Gasteiger partial charge in [-0.3, -0.25) is 0 Å². The van der Waals surface area contributed by atoms with Crippen LogP contribution in [0.4, 0.5) is 14.6 Å². The molecule has 0 radical (unpaired) electrons. The van der Waals surface area contributed by atoms with Crippen molar-refractivity contribution in [3.8, 4) is 0 Å². The summed E-state index contributed by atoms with van der Waals surface area (Å²) in [6, 6.07) is 5.08. The van der Waals surface area contributed by atoms with Crippen LogP contribution in [0.15, 0.2) is 24.3 Å². The number of nitrogen functional groups attached to an aromatic ring is 1. The Bertz CT molecular complexity index is 577. The van der Waals surface area contributed by atoms with Gasteiger partial charge >= 0.3 is 0 Å². The van der Waals surface area contributed by atoms with E-state index in [2.05, 4.69) is 9.97 Å². The molecule has 0 aliphatic heterocycles. The second-order valence-corrected chi connectivity index (χ2v) is 4.74. The van der Waals surface area contributed by atoms with Gasteiger partial charge in [-0.25, -0.2) is 18.7 Å². The maximum Gasteiger partial charge on any atom is 0.135 e. The van der Waals surface area contributed by atoms with E-state index >= 15 is 0 Å². The highest BCUT2D eigenvalue weighted by Crippen LogP contribution is 2.16. The Morgan fingerprint density at radius 2 is 1.68 bits per heavy atom. The minimum absolute atomic E-state index is 0.216. The fraction of sp³-hybridized carbons (Fsp3) is 0.286. The first-order valence-electron chi connectivity index (χ1n) is 6.02. The highest BCUT2D eigenvalue weighted by atomic mass is 19.1. The number of hydrogen-bond acceptors (Lipinski definition) is 3. The molecule has 2 aromatic rings. The average molecular weight is 263 g/mol. The van der Waals surface area contributed by atoms with Crippen LogP contribution in [0.5, 0.6) is 0 Å². The molecule has 0 saturated heterocycles. The number of benzene rings is 1. The third-order valence-corrected chi connectivity index (χ3v) is 2.69. The number of nitrogens with two attached hydrogens (primary N) is 1. The fourth-order valence-corrected chi connectivity index (χ4v) is 1.81. The highest BCUT2D eigenvalue weighted by molar-refractivity contribution is 5.32. The maximum atomic E-state index is 13.1. The molecular formula is C14H15F2N3. The van der Waals surface area contributed by atoms with Gasteiger partial charge in [0.2, 0.25) is 0 Å². The standard InChI is InChI=1S/C14H15F2N3/c1-8(2)12-7-13(17)19-14(18-12)5-9-3-10(15)6-11(16)4-9/h3-4,6-8H,5H2,1-2H3,(H2,17,18,19). The summed E-state index contributed by atoms with van der Waals surface area (Å²) < 4.78 is 26.2. The summed E-state index contributed by atoms with van der Waals surface area (Å²) in [5.74, 6) is -0.168. The van der Waals surface area contributed by atoms with Crippen molar-refractivity contribution in [3.05, 3.63) is 53.0 Å². The molecule has 1 aromatic carbocycles. The number of aromatic nitrogens is 2. The number of anilines is 1. The molecule has 0 bridgehead atoms. The van der Waals surface area contributed by atoms with Crippen LogP contribution in [0.25, 0.3) is 0 Å². The van der Waals surface area contributed by atoms with Crippen molar-refractivity contribution in [1.29, 1.82) is 0 Å². The fourth-order valence-electron chi connectivity index (χ4n) is 1.81. The molecule has 1 aromatic heterocycles. The summed E-state index contributed by atoms with van der Waals surface area (Å²) in [7, 11) is 0. The van der Waals surface area contributed by atoms with E-state index in [1.807, 2.05) is 13.8 Å². The van der Waals surface area contributed by atoms with Gasteiger partial charge in [0.05, 0.1) is 0 Å². The van der Waals surface area contributed by atoms with Gasteiger partial charge in [0.15, 0.2) is 0 Å². The van der Waals surface area contributed by atoms with Crippen LogP contribution in [-0.2, 0) is 6.42 Å². The van der Waals surface area contributed by atoms with E-state index < -0.39 is 11.6 Å². The van der Waals surface area contributed by atoms with Gasteiger partial charge in [-0.1, -0.05) is 13.8 Å². The first-order chi connectivity index (χ1) is 8.94. The van der Waals surface area contributed by atoms with Crippen LogP contribution in [0.2, 0.25) is 0 Å². The topological polar surface area (TPSA) is 51.8 Å². The Morgan fingerprint density at radius 1 is 1.05 bits per heavy atom. The van der Waals surface area contributed by atoms with Crippen LogP contribution in [0.1, 0.15) is 36.8 Å². The van der Waals surface area contributed by atoms with E-state index in [1.165, 1.54) is 12.1 Å². The number of hydrogen-bond donors (Lipinski definition) is 1. The normalized spacial score (nSPS) is 11.0. The first-order valence-corrected chi connectivity index (χ1v) is 6.02. The molecule has 0 amide bonds. The molecular weight excluding hydrogens is 248 g/mol. The van der Waals surface area contributed by atoms with Gasteiger partial charge in [-0.15, -0.1) is 0 Å². The van der Waals surface area contributed by atoms with Gasteiger partial charge in [0, 0.05) is 24.2 Å². The summed E-state index contributed by atoms with van der Waals surface area (Å²) >= 11 is 0. The van der Waals surface area contributed by atoms with Gasteiger partial charge < -0.3 is 5.73 Å². The molecule has 0 atom stereocenters. The monoisotopic (exact) mass is 263 g/mol. The number of rotatable bonds is 3. The zero-order chi connectivity index (χ0) is 14.0. The SMILES string of the molecule is CC(C)c1cc(N)nc(Cc2cc(F)cc(F)c2)n1. The van der Waals surface area contributed by atoms with Crippen molar-refractivity contribution in [2.24, 2.45) is 0 Å². The molecule has 1 heterocycles. The largest absolute Gasteiger partial charge is 0.384 e. The third kappa shape index (κ3) is 3.47. The van der Waals surface area contributed by atoms with E-state index in [1.54, 1.807) is 6.07 Å². The van der Waals surface area contributed by atoms with E-state index in [0.29, 0.717) is 17.2 Å². The smallest absolute Gasteiger partial charge is 0.135 e. The molecule has 0 aliphatic carbocycles. The molecule has 0 unspecified atom stereocenters. The Labute approximate surface area is 110 Å². The highest BCUT2D eigenvalue weighted by Gasteiger charge is 2.08. The van der Waals surface area contributed by atoms with Crippen molar-refractivity contribution in [1.82, 2.24) is 9.97 Å². The first kappa shape index (κ1) is 13.4. The van der Waals surface area contributed by atoms with E-state index in [9.17, 15) is 8.78 Å². The maximum absolute atomic E-state index is 13.1. The predicted octanol–water partition coefficient (Wildman–Crippen LogP) is 3.05. The Hall–Kier alpha value is -2.04. The minimum atomic E-state index is -0.608. The molecule has 0 aliphatic rings. The lowest BCUT2D eigenvalue weighted by atomic mass is 10.1. The molecule has 2 rings (SSSR count). The molecule has 19 heavy (non-hydrogen) atoms. The summed E-state index contributed by atoms with van der Waals surface area (Å²) in [4.78, 5) is 8.44. The minimum Gasteiger partial charge on any atom is -0.384 e. The lowest BCUT2D eigenvalue weighted by Gasteiger charge is -2.08. The van der Waals surface area contributed by atoms with Gasteiger partial charge in [0.1, 0.15) is 23.3 Å². The average Bonchev–Trinajstić information content (AvgIpc) is 2.26. The van der Waals surface area contributed by atoms with E-state index in [4.69, 9.17) is 5.73 Å². The van der Waals surface area contributed by atoms with E-state index in [0.717, 1.165) is 11.8 Å². The molecule has 0 spiro atoms. The van der Waals surface area contributed by atoms with E-state index in [-0.39, 0.29) is 12.3 Å². The lowest BCUT2D eigenvalue weighted by Crippen LogP contribution is -2.05. The molecule has 0 saturated carbocycles. The van der Waals surface area contributed by atoms with Gasteiger partial charge in [-0.2, -0.15) is 0 Å². The summed E-state index contributed by atoms with van der Waals surface area (Å²) in [6.07, 6.45) is 0.249. The zero-order valence-corrected chi connectivity index (χ0v) is 10.8. The molecule has 2 N–H and O–H groups in total. The molecule has 100 valence electrons. The molecule has 0 fully saturated rings. The quantitative estimate of drug-likeness (QED) is 0.926. The van der Waals surface area contributed by atoms with Gasteiger partial charge in [0.25, 0.3) is 0 Å². The predicted molar refractivity (Wildman–Crippen MR) is 69.7 cm³/mol. The Morgan fingerprint density at radius 3 is 2.26 bits per heavy atom. The summed E-state index contributed by atoms with van der Waals surface area (Å²) in [5, 5.41) is 0. The van der Waals surface area contributed by atoms with Crippen molar-refractivity contribution in [3.63, 3.8) is 0 Å². The van der Waals surface area contributed by atoms with Crippen LogP contribution in [0, 0.1) is 11.6 Å². The molecule has 5 heteroatoms.